The normalized spacial score (nSPS) is 21.1. The first-order chi connectivity index (χ1) is 6.49. The Bertz CT molecular complexity index is 169. The van der Waals surface area contributed by atoms with Gasteiger partial charge in [-0.2, -0.15) is 0 Å². The zero-order valence-electron chi connectivity index (χ0n) is 9.81. The molecule has 0 bridgehead atoms. The highest BCUT2D eigenvalue weighted by Gasteiger charge is 2.27. The third-order valence-corrected chi connectivity index (χ3v) is 1.53. The van der Waals surface area contributed by atoms with Crippen LogP contribution in [0, 0.1) is 0 Å². The lowest BCUT2D eigenvalue weighted by Crippen LogP contribution is -2.40. The number of hydrogen-bond donors (Lipinski definition) is 2. The number of nitrogens with one attached hydrogen (secondary N) is 2. The summed E-state index contributed by atoms with van der Waals surface area (Å²) in [6, 6.07) is -0.177. The average Bonchev–Trinajstić information content (AvgIpc) is 2.56. The van der Waals surface area contributed by atoms with Crippen LogP contribution in [-0.4, -0.2) is 24.2 Å². The molecule has 1 rings (SSSR count). The van der Waals surface area contributed by atoms with Crippen LogP contribution in [0.2, 0.25) is 0 Å². The molecule has 0 aromatic carbocycles. The fraction of sp³-hybridized carbons (Fsp3) is 0.900. The van der Waals surface area contributed by atoms with Gasteiger partial charge in [0.1, 0.15) is 11.6 Å². The molecule has 1 saturated heterocycles. The molecule has 0 amide bonds. The topological polar surface area (TPSA) is 50.4 Å². The van der Waals surface area contributed by atoms with Crippen LogP contribution in [0.15, 0.2) is 0 Å². The van der Waals surface area contributed by atoms with Gasteiger partial charge >= 0.3 is 5.97 Å². The van der Waals surface area contributed by atoms with Crippen LogP contribution in [-0.2, 0) is 9.53 Å². The molecule has 14 heavy (non-hydrogen) atoms. The van der Waals surface area contributed by atoms with Crippen LogP contribution in [0.4, 0.5) is 0 Å². The van der Waals surface area contributed by atoms with Crippen LogP contribution in [0.3, 0.4) is 0 Å². The maximum Gasteiger partial charge on any atom is 0.325 e. The number of ether oxygens (including phenoxy) is 1. The van der Waals surface area contributed by atoms with Gasteiger partial charge < -0.3 is 4.74 Å². The van der Waals surface area contributed by atoms with Crippen molar-refractivity contribution < 1.29 is 9.53 Å². The van der Waals surface area contributed by atoms with Gasteiger partial charge in [0.25, 0.3) is 0 Å². The van der Waals surface area contributed by atoms with Gasteiger partial charge in [0, 0.05) is 6.54 Å². The summed E-state index contributed by atoms with van der Waals surface area (Å²) < 4.78 is 5.18. The Morgan fingerprint density at radius 3 is 2.29 bits per heavy atom. The van der Waals surface area contributed by atoms with Crippen LogP contribution < -0.4 is 10.9 Å². The number of carbonyl (C=O) groups is 1. The quantitative estimate of drug-likeness (QED) is 0.628. The molecule has 1 heterocycles. The molecule has 4 nitrogen and oxygen atoms in total. The third kappa shape index (κ3) is 5.19. The number of rotatable bonds is 1. The lowest BCUT2D eigenvalue weighted by atomic mass is 10.2. The van der Waals surface area contributed by atoms with Crippen LogP contribution >= 0.6 is 0 Å². The van der Waals surface area contributed by atoms with Crippen molar-refractivity contribution in [1.29, 1.82) is 0 Å². The summed E-state index contributed by atoms with van der Waals surface area (Å²) in [5, 5.41) is 0. The minimum Gasteiger partial charge on any atom is -0.459 e. The van der Waals surface area contributed by atoms with Crippen LogP contribution in [0.5, 0.6) is 0 Å². The van der Waals surface area contributed by atoms with E-state index in [2.05, 4.69) is 10.9 Å². The van der Waals surface area contributed by atoms with Gasteiger partial charge in [0.05, 0.1) is 0 Å². The highest BCUT2D eigenvalue weighted by molar-refractivity contribution is 5.76. The second kappa shape index (κ2) is 5.98. The molecule has 0 aromatic heterocycles. The van der Waals surface area contributed by atoms with E-state index in [1.807, 2.05) is 34.6 Å². The second-order valence-electron chi connectivity index (χ2n) is 3.95. The number of carbonyl (C=O) groups excluding carboxylic acids is 1. The van der Waals surface area contributed by atoms with Gasteiger partial charge in [0.15, 0.2) is 0 Å². The van der Waals surface area contributed by atoms with Crippen molar-refractivity contribution >= 4 is 5.97 Å². The first-order valence-electron chi connectivity index (χ1n) is 5.20. The molecule has 0 spiro atoms. The van der Waals surface area contributed by atoms with Crippen molar-refractivity contribution in [2.24, 2.45) is 0 Å². The Hall–Kier alpha value is -0.610. The number of esters is 1. The fourth-order valence-electron chi connectivity index (χ4n) is 1.03. The molecule has 0 aliphatic carbocycles. The van der Waals surface area contributed by atoms with E-state index >= 15 is 0 Å². The molecule has 4 heteroatoms. The van der Waals surface area contributed by atoms with Crippen LogP contribution in [0.25, 0.3) is 0 Å². The first-order valence-corrected chi connectivity index (χ1v) is 5.20. The second-order valence-corrected chi connectivity index (χ2v) is 3.95. The average molecular weight is 202 g/mol. The van der Waals surface area contributed by atoms with Crippen molar-refractivity contribution in [1.82, 2.24) is 10.9 Å². The van der Waals surface area contributed by atoms with E-state index in [9.17, 15) is 4.79 Å². The lowest BCUT2D eigenvalue weighted by Gasteiger charge is -2.21. The molecule has 1 unspecified atom stereocenters. The molecule has 2 N–H and O–H groups in total. The SMILES string of the molecule is CC.CC(C)(C)OC(=O)C1CCNN1. The molecule has 1 aliphatic rings. The standard InChI is InChI=1S/C8H16N2O2.C2H6/c1-8(2,3)12-7(11)6-4-5-9-10-6;1-2/h6,9-10H,4-5H2,1-3H3;1-2H3. The predicted octanol–water partition coefficient (Wildman–Crippen LogP) is 1.22. The molecule has 0 aromatic rings. The molecule has 1 atom stereocenters. The van der Waals surface area contributed by atoms with E-state index in [4.69, 9.17) is 4.74 Å². The maximum absolute atomic E-state index is 11.3. The summed E-state index contributed by atoms with van der Waals surface area (Å²) in [6.45, 7) is 10.4. The van der Waals surface area contributed by atoms with Crippen molar-refractivity contribution in [3.05, 3.63) is 0 Å². The molecular weight excluding hydrogens is 180 g/mol. The highest BCUT2D eigenvalue weighted by Crippen LogP contribution is 2.10. The Labute approximate surface area is 86.4 Å². The van der Waals surface area contributed by atoms with E-state index in [-0.39, 0.29) is 17.6 Å². The van der Waals surface area contributed by atoms with Crippen molar-refractivity contribution in [3.8, 4) is 0 Å². The number of hydrazine groups is 1. The predicted molar refractivity (Wildman–Crippen MR) is 56.7 cm³/mol. The van der Waals surface area contributed by atoms with Gasteiger partial charge in [0.2, 0.25) is 0 Å². The van der Waals surface area contributed by atoms with E-state index in [0.29, 0.717) is 0 Å². The maximum atomic E-state index is 11.3. The minimum atomic E-state index is -0.388. The van der Waals surface area contributed by atoms with Crippen molar-refractivity contribution in [3.63, 3.8) is 0 Å². The molecular formula is C10H22N2O2. The van der Waals surface area contributed by atoms with E-state index in [0.717, 1.165) is 13.0 Å². The minimum absolute atomic E-state index is 0.174. The molecule has 1 aliphatic heterocycles. The van der Waals surface area contributed by atoms with Crippen LogP contribution in [0.1, 0.15) is 41.0 Å². The summed E-state index contributed by atoms with van der Waals surface area (Å²) in [5.74, 6) is -0.174. The molecule has 84 valence electrons. The Kier molecular flexibility index (Phi) is 5.72. The Morgan fingerprint density at radius 1 is 1.36 bits per heavy atom. The largest absolute Gasteiger partial charge is 0.459 e. The zero-order chi connectivity index (χ0) is 11.2. The smallest absolute Gasteiger partial charge is 0.325 e. The van der Waals surface area contributed by atoms with Gasteiger partial charge in [-0.15, -0.1) is 0 Å². The van der Waals surface area contributed by atoms with E-state index in [1.165, 1.54) is 0 Å². The third-order valence-electron chi connectivity index (χ3n) is 1.53. The highest BCUT2D eigenvalue weighted by atomic mass is 16.6. The van der Waals surface area contributed by atoms with Gasteiger partial charge in [-0.3, -0.25) is 10.2 Å². The summed E-state index contributed by atoms with van der Waals surface area (Å²) in [7, 11) is 0. The fourth-order valence-corrected chi connectivity index (χ4v) is 1.03. The molecule has 0 radical (unpaired) electrons. The summed E-state index contributed by atoms with van der Waals surface area (Å²) in [5.41, 5.74) is 5.36. The van der Waals surface area contributed by atoms with Gasteiger partial charge in [-0.25, -0.2) is 5.43 Å². The van der Waals surface area contributed by atoms with E-state index < -0.39 is 0 Å². The molecule has 1 fully saturated rings. The summed E-state index contributed by atoms with van der Waals surface area (Å²) in [6.07, 6.45) is 0.801. The lowest BCUT2D eigenvalue weighted by molar-refractivity contribution is -0.157. The summed E-state index contributed by atoms with van der Waals surface area (Å²) in [4.78, 5) is 11.3. The van der Waals surface area contributed by atoms with Crippen molar-refractivity contribution in [2.45, 2.75) is 52.7 Å². The number of hydrogen-bond acceptors (Lipinski definition) is 4. The Morgan fingerprint density at radius 2 is 1.93 bits per heavy atom. The Balaban J connectivity index is 0.000000791. The van der Waals surface area contributed by atoms with Gasteiger partial charge in [-0.1, -0.05) is 13.8 Å². The van der Waals surface area contributed by atoms with Crippen molar-refractivity contribution in [2.75, 3.05) is 6.54 Å². The first kappa shape index (κ1) is 13.4. The summed E-state index contributed by atoms with van der Waals surface area (Å²) >= 11 is 0. The zero-order valence-corrected chi connectivity index (χ0v) is 9.81. The monoisotopic (exact) mass is 202 g/mol. The molecule has 0 saturated carbocycles. The van der Waals surface area contributed by atoms with Gasteiger partial charge in [-0.05, 0) is 27.2 Å². The van der Waals surface area contributed by atoms with E-state index in [1.54, 1.807) is 0 Å².